The maximum Gasteiger partial charge on any atom is 0.460 e. The van der Waals surface area contributed by atoms with Crippen LogP contribution in [0.3, 0.4) is 0 Å². The Morgan fingerprint density at radius 3 is 0.825 bits per heavy atom. The standard InChI is InChI=1S/C10Br2F16O10S2/c11-39(31,32)9(25,26)7(21,22)37-3(13,5(15,16)17)1(29)35-36-2(30)4(14,6(18,19)20)38-8(23,24)10(27,28)40(12,33)34. The van der Waals surface area contributed by atoms with E-state index in [1.807, 2.05) is 0 Å². The average Bonchev–Trinajstić information content (AvgIpc) is 2.67. The third-order valence-corrected chi connectivity index (χ3v) is 7.41. The first-order chi connectivity index (χ1) is 17.0. The maximum absolute atomic E-state index is 14.0. The highest BCUT2D eigenvalue weighted by molar-refractivity contribution is 9.47. The smallest absolute Gasteiger partial charge is 0.260 e. The van der Waals surface area contributed by atoms with E-state index in [4.69, 9.17) is 0 Å². The molecule has 0 saturated heterocycles. The molecular formula is C10Br2F16O10S2. The quantitative estimate of drug-likeness (QED) is 0.136. The zero-order valence-electron chi connectivity index (χ0n) is 16.7. The molecule has 10 nitrogen and oxygen atoms in total. The molecule has 0 aromatic rings. The van der Waals surface area contributed by atoms with Crippen molar-refractivity contribution in [3.8, 4) is 0 Å². The van der Waals surface area contributed by atoms with Crippen molar-refractivity contribution in [2.75, 3.05) is 0 Å². The molecule has 238 valence electrons. The summed E-state index contributed by atoms with van der Waals surface area (Å²) in [6.45, 7) is 0. The summed E-state index contributed by atoms with van der Waals surface area (Å²) in [4.78, 5) is 26.8. The van der Waals surface area contributed by atoms with Crippen molar-refractivity contribution in [1.82, 2.24) is 0 Å². The number of carbonyl (C=O) groups is 2. The number of alkyl halides is 16. The van der Waals surface area contributed by atoms with E-state index < -0.39 is 75.3 Å². The van der Waals surface area contributed by atoms with Crippen molar-refractivity contribution >= 4 is 58.1 Å². The molecule has 0 spiro atoms. The van der Waals surface area contributed by atoms with Gasteiger partial charge in [-0.3, -0.25) is 9.47 Å². The molecule has 40 heavy (non-hydrogen) atoms. The van der Waals surface area contributed by atoms with Crippen molar-refractivity contribution in [2.24, 2.45) is 0 Å². The summed E-state index contributed by atoms with van der Waals surface area (Å²) in [5.41, 5.74) is 0. The maximum atomic E-state index is 14.0. The lowest BCUT2D eigenvalue weighted by molar-refractivity contribution is -0.442. The molecule has 0 rings (SSSR count). The number of hydrogen-bond donors (Lipinski definition) is 0. The zero-order chi connectivity index (χ0) is 33.0. The predicted molar refractivity (Wildman–Crippen MR) is 89.6 cm³/mol. The second-order valence-corrected chi connectivity index (χ2v) is 14.0. The van der Waals surface area contributed by atoms with E-state index in [2.05, 4.69) is 9.78 Å². The van der Waals surface area contributed by atoms with Crippen LogP contribution in [0.2, 0.25) is 0 Å². The molecule has 0 saturated carbocycles. The van der Waals surface area contributed by atoms with Gasteiger partial charge in [0.15, 0.2) is 0 Å². The normalized spacial score (nSPS) is 17.9. The molecule has 0 amide bonds. The topological polar surface area (TPSA) is 139 Å². The van der Waals surface area contributed by atoms with Crippen LogP contribution in [0.25, 0.3) is 0 Å². The first-order valence-electron chi connectivity index (χ1n) is 7.71. The highest BCUT2D eigenvalue weighted by atomic mass is 79.9. The van der Waals surface area contributed by atoms with Crippen LogP contribution >= 0.6 is 29.6 Å². The molecule has 0 fully saturated rings. The molecule has 2 unspecified atom stereocenters. The van der Waals surface area contributed by atoms with Crippen molar-refractivity contribution in [2.45, 2.75) is 46.8 Å². The van der Waals surface area contributed by atoms with E-state index in [1.165, 1.54) is 0 Å². The summed E-state index contributed by atoms with van der Waals surface area (Å²) in [6.07, 6.45) is -29.5. The summed E-state index contributed by atoms with van der Waals surface area (Å²) in [5.74, 6) is -23.5. The Balaban J connectivity index is 6.46. The van der Waals surface area contributed by atoms with Gasteiger partial charge in [0, 0.05) is 0 Å². The van der Waals surface area contributed by atoms with Crippen LogP contribution in [0, 0.1) is 0 Å². The Morgan fingerprint density at radius 1 is 0.475 bits per heavy atom. The van der Waals surface area contributed by atoms with Gasteiger partial charge in [-0.25, -0.2) is 36.2 Å². The van der Waals surface area contributed by atoms with E-state index in [0.29, 0.717) is 0 Å². The minimum absolute atomic E-state index is 0.827. The lowest BCUT2D eigenvalue weighted by atomic mass is 10.3. The third-order valence-electron chi connectivity index (χ3n) is 3.28. The zero-order valence-corrected chi connectivity index (χ0v) is 21.5. The van der Waals surface area contributed by atoms with Gasteiger partial charge in [-0.2, -0.15) is 70.2 Å². The highest BCUT2D eigenvalue weighted by Gasteiger charge is 2.79. The molecule has 0 aliphatic heterocycles. The first kappa shape index (κ1) is 38.6. The monoisotopic (exact) mass is 806 g/mol. The van der Waals surface area contributed by atoms with Crippen LogP contribution in [0.15, 0.2) is 0 Å². The first-order valence-corrected chi connectivity index (χ1v) is 14.4. The fourth-order valence-corrected chi connectivity index (χ4v) is 3.15. The fourth-order valence-electron chi connectivity index (χ4n) is 1.37. The lowest BCUT2D eigenvalue weighted by Gasteiger charge is -2.32. The molecule has 0 aliphatic rings. The minimum Gasteiger partial charge on any atom is -0.260 e. The van der Waals surface area contributed by atoms with Gasteiger partial charge >= 0.3 is 58.7 Å². The van der Waals surface area contributed by atoms with Crippen LogP contribution in [0.4, 0.5) is 70.2 Å². The number of hydrogen-bond acceptors (Lipinski definition) is 10. The van der Waals surface area contributed by atoms with E-state index >= 15 is 0 Å². The van der Waals surface area contributed by atoms with Crippen molar-refractivity contribution in [1.29, 1.82) is 0 Å². The molecule has 0 radical (unpaired) electrons. The molecular weight excluding hydrogens is 808 g/mol. The summed E-state index contributed by atoms with van der Waals surface area (Å²) in [5, 5.41) is -13.9. The summed E-state index contributed by atoms with van der Waals surface area (Å²) in [6, 6.07) is 0. The van der Waals surface area contributed by atoms with Gasteiger partial charge in [-0.15, -0.1) is 0 Å². The second kappa shape index (κ2) is 10.7. The molecule has 2 atom stereocenters. The largest absolute Gasteiger partial charge is 0.460 e. The lowest BCUT2D eigenvalue weighted by Crippen LogP contribution is -2.61. The van der Waals surface area contributed by atoms with Crippen LogP contribution in [-0.4, -0.2) is 75.6 Å². The molecule has 0 aromatic carbocycles. The molecule has 0 bridgehead atoms. The van der Waals surface area contributed by atoms with E-state index in [1.54, 1.807) is 9.47 Å². The molecule has 0 aliphatic carbocycles. The van der Waals surface area contributed by atoms with Crippen molar-refractivity contribution in [3.63, 3.8) is 0 Å². The van der Waals surface area contributed by atoms with Crippen LogP contribution in [0.5, 0.6) is 0 Å². The SMILES string of the molecule is O=C(OOC(=O)C(F)(OC(F)(F)C(F)(F)S(=O)(=O)Br)C(F)(F)F)C(F)(OC(F)(F)C(F)(F)S(=O)(=O)Br)C(F)(F)F. The van der Waals surface area contributed by atoms with Crippen LogP contribution < -0.4 is 0 Å². The molecule has 0 heterocycles. The summed E-state index contributed by atoms with van der Waals surface area (Å²) >= 11 is 1.65. The Kier molecular flexibility index (Phi) is 10.3. The van der Waals surface area contributed by atoms with Gasteiger partial charge in [0.05, 0.1) is 29.6 Å². The van der Waals surface area contributed by atoms with Gasteiger partial charge in [0.1, 0.15) is 0 Å². The van der Waals surface area contributed by atoms with E-state index in [-0.39, 0.29) is 0 Å². The number of halogens is 18. The third kappa shape index (κ3) is 6.97. The predicted octanol–water partition coefficient (Wildman–Crippen LogP) is 4.30. The van der Waals surface area contributed by atoms with Gasteiger partial charge in [0.25, 0.3) is 16.5 Å². The fraction of sp³-hybridized carbons (Fsp3) is 0.800. The Bertz CT molecular complexity index is 1120. The Hall–Kier alpha value is -1.40. The molecule has 30 heteroatoms. The number of rotatable bonds is 10. The molecule has 0 N–H and O–H groups in total. The number of ether oxygens (including phenoxy) is 2. The average molecular weight is 808 g/mol. The van der Waals surface area contributed by atoms with Gasteiger partial charge in [-0.05, 0) is 0 Å². The van der Waals surface area contributed by atoms with Gasteiger partial charge < -0.3 is 0 Å². The Morgan fingerprint density at radius 2 is 0.675 bits per heavy atom. The summed E-state index contributed by atoms with van der Waals surface area (Å²) in [7, 11) is -13.5. The minimum atomic E-state index is -7.47. The highest BCUT2D eigenvalue weighted by Crippen LogP contribution is 2.50. The molecule has 0 aromatic heterocycles. The van der Waals surface area contributed by atoms with Crippen LogP contribution in [0.1, 0.15) is 0 Å². The van der Waals surface area contributed by atoms with E-state index in [9.17, 15) is 96.7 Å². The number of carbonyl (C=O) groups excluding carboxylic acids is 2. The Labute approximate surface area is 221 Å². The van der Waals surface area contributed by atoms with Crippen molar-refractivity contribution < 1.29 is 116 Å². The van der Waals surface area contributed by atoms with E-state index in [0.717, 1.165) is 29.6 Å². The van der Waals surface area contributed by atoms with Crippen LogP contribution in [-0.2, 0) is 45.4 Å². The van der Waals surface area contributed by atoms with Gasteiger partial charge in [0.2, 0.25) is 0 Å². The summed E-state index contributed by atoms with van der Waals surface area (Å²) < 4.78 is 257. The van der Waals surface area contributed by atoms with Gasteiger partial charge in [-0.1, -0.05) is 0 Å². The van der Waals surface area contributed by atoms with Crippen molar-refractivity contribution in [3.05, 3.63) is 0 Å². The second-order valence-electron chi connectivity index (χ2n) is 6.07.